The van der Waals surface area contributed by atoms with E-state index in [1.54, 1.807) is 19.3 Å². The predicted molar refractivity (Wildman–Crippen MR) is 62.5 cm³/mol. The lowest BCUT2D eigenvalue weighted by Crippen LogP contribution is -2.04. The fourth-order valence-electron chi connectivity index (χ4n) is 1.24. The third-order valence-corrected chi connectivity index (χ3v) is 2.50. The summed E-state index contributed by atoms with van der Waals surface area (Å²) in [6.07, 6.45) is 4.40. The quantitative estimate of drug-likeness (QED) is 0.848. The summed E-state index contributed by atoms with van der Waals surface area (Å²) in [5.41, 5.74) is 1.13. The molecule has 0 atom stereocenters. The van der Waals surface area contributed by atoms with Crippen molar-refractivity contribution < 1.29 is 9.90 Å². The lowest BCUT2D eigenvalue weighted by molar-refractivity contribution is 0.0695. The van der Waals surface area contributed by atoms with Crippen LogP contribution in [0, 0.1) is 6.92 Å². The fraction of sp³-hybridized carbons (Fsp3) is 0.100. The Morgan fingerprint density at radius 1 is 1.24 bits per heavy atom. The molecule has 17 heavy (non-hydrogen) atoms. The number of aromatic nitrogens is 4. The predicted octanol–water partition coefficient (Wildman–Crippen LogP) is 1.70. The monoisotopic (exact) mass is 294 g/mol. The van der Waals surface area contributed by atoms with Crippen LogP contribution >= 0.6 is 15.9 Å². The van der Waals surface area contributed by atoms with Gasteiger partial charge in [0.1, 0.15) is 0 Å². The zero-order valence-electron chi connectivity index (χ0n) is 8.75. The van der Waals surface area contributed by atoms with Gasteiger partial charge in [0, 0.05) is 18.6 Å². The molecule has 7 heteroatoms. The van der Waals surface area contributed by atoms with Gasteiger partial charge in [0.15, 0.2) is 10.6 Å². The minimum atomic E-state index is -1.04. The molecule has 0 radical (unpaired) electrons. The maximum absolute atomic E-state index is 10.8. The smallest absolute Gasteiger partial charge is 0.339 e. The van der Waals surface area contributed by atoms with Crippen LogP contribution in [-0.4, -0.2) is 31.0 Å². The van der Waals surface area contributed by atoms with Gasteiger partial charge < -0.3 is 5.11 Å². The van der Waals surface area contributed by atoms with Gasteiger partial charge in [-0.15, -0.1) is 0 Å². The van der Waals surface area contributed by atoms with Crippen molar-refractivity contribution >= 4 is 21.9 Å². The summed E-state index contributed by atoms with van der Waals surface area (Å²) in [7, 11) is 0. The number of hydrogen-bond acceptors (Lipinski definition) is 5. The van der Waals surface area contributed by atoms with Gasteiger partial charge in [0.05, 0.1) is 16.8 Å². The van der Waals surface area contributed by atoms with Gasteiger partial charge in [-0.25, -0.2) is 24.7 Å². The molecule has 0 bridgehead atoms. The molecule has 0 aromatic carbocycles. The number of aryl methyl sites for hydroxylation is 1. The highest BCUT2D eigenvalue weighted by Crippen LogP contribution is 2.15. The number of carbonyl (C=O) groups is 1. The Bertz CT molecular complexity index is 571. The normalized spacial score (nSPS) is 10.2. The lowest BCUT2D eigenvalue weighted by atomic mass is 10.2. The first kappa shape index (κ1) is 11.6. The lowest BCUT2D eigenvalue weighted by Gasteiger charge is -2.03. The Morgan fingerprint density at radius 2 is 1.88 bits per heavy atom. The maximum atomic E-state index is 10.8. The van der Waals surface area contributed by atoms with Crippen LogP contribution in [0.5, 0.6) is 0 Å². The van der Waals surface area contributed by atoms with Crippen molar-refractivity contribution in [3.63, 3.8) is 0 Å². The van der Waals surface area contributed by atoms with Crippen molar-refractivity contribution in [2.24, 2.45) is 0 Å². The standard InChI is InChI=1S/C10H7BrN4O2/c1-5-7(9(16)17)4-12-8(15-5)6-2-13-10(11)14-3-6/h2-4H,1H3,(H,16,17). The van der Waals surface area contributed by atoms with Gasteiger partial charge in [-0.05, 0) is 22.9 Å². The van der Waals surface area contributed by atoms with E-state index in [2.05, 4.69) is 35.9 Å². The molecular weight excluding hydrogens is 288 g/mol. The first-order valence-electron chi connectivity index (χ1n) is 4.63. The number of hydrogen-bond donors (Lipinski definition) is 1. The second kappa shape index (κ2) is 4.54. The highest BCUT2D eigenvalue weighted by molar-refractivity contribution is 9.10. The zero-order chi connectivity index (χ0) is 12.4. The molecule has 0 amide bonds. The van der Waals surface area contributed by atoms with Crippen molar-refractivity contribution in [1.29, 1.82) is 0 Å². The van der Waals surface area contributed by atoms with Gasteiger partial charge in [0.25, 0.3) is 0 Å². The molecule has 0 fully saturated rings. The molecule has 2 rings (SSSR count). The van der Waals surface area contributed by atoms with Gasteiger partial charge in [-0.3, -0.25) is 0 Å². The van der Waals surface area contributed by atoms with E-state index in [1.807, 2.05) is 0 Å². The number of carboxylic acids is 1. The van der Waals surface area contributed by atoms with E-state index in [-0.39, 0.29) is 5.56 Å². The Balaban J connectivity index is 2.44. The van der Waals surface area contributed by atoms with Crippen LogP contribution in [0.2, 0.25) is 0 Å². The minimum absolute atomic E-state index is 0.0896. The van der Waals surface area contributed by atoms with Crippen LogP contribution in [0.1, 0.15) is 16.1 Å². The van der Waals surface area contributed by atoms with E-state index in [4.69, 9.17) is 5.11 Å². The molecule has 0 aliphatic heterocycles. The molecule has 0 saturated heterocycles. The van der Waals surface area contributed by atoms with Crippen molar-refractivity contribution in [1.82, 2.24) is 19.9 Å². The highest BCUT2D eigenvalue weighted by atomic mass is 79.9. The summed E-state index contributed by atoms with van der Waals surface area (Å²) < 4.78 is 0.472. The Kier molecular flexibility index (Phi) is 3.10. The molecule has 0 unspecified atom stereocenters. The number of nitrogens with zero attached hydrogens (tertiary/aromatic N) is 4. The van der Waals surface area contributed by atoms with Gasteiger partial charge >= 0.3 is 5.97 Å². The summed E-state index contributed by atoms with van der Waals surface area (Å²) in [6.45, 7) is 1.62. The number of rotatable bonds is 2. The largest absolute Gasteiger partial charge is 0.478 e. The van der Waals surface area contributed by atoms with Crippen molar-refractivity contribution in [2.45, 2.75) is 6.92 Å². The van der Waals surface area contributed by atoms with Crippen molar-refractivity contribution in [3.05, 3.63) is 34.6 Å². The molecule has 0 saturated carbocycles. The van der Waals surface area contributed by atoms with E-state index in [9.17, 15) is 4.79 Å². The Labute approximate surface area is 105 Å². The van der Waals surface area contributed by atoms with E-state index in [0.29, 0.717) is 21.8 Å². The highest BCUT2D eigenvalue weighted by Gasteiger charge is 2.11. The van der Waals surface area contributed by atoms with E-state index in [0.717, 1.165) is 0 Å². The minimum Gasteiger partial charge on any atom is -0.478 e. The maximum Gasteiger partial charge on any atom is 0.339 e. The van der Waals surface area contributed by atoms with Gasteiger partial charge in [0.2, 0.25) is 0 Å². The van der Waals surface area contributed by atoms with Crippen LogP contribution < -0.4 is 0 Å². The van der Waals surface area contributed by atoms with Gasteiger partial charge in [-0.2, -0.15) is 0 Å². The average molecular weight is 295 g/mol. The van der Waals surface area contributed by atoms with E-state index in [1.165, 1.54) is 6.20 Å². The Morgan fingerprint density at radius 3 is 2.41 bits per heavy atom. The molecule has 0 aliphatic rings. The van der Waals surface area contributed by atoms with Crippen LogP contribution in [0.3, 0.4) is 0 Å². The Hall–Kier alpha value is -1.89. The zero-order valence-corrected chi connectivity index (χ0v) is 10.3. The molecule has 0 spiro atoms. The summed E-state index contributed by atoms with van der Waals surface area (Å²) >= 11 is 3.12. The SMILES string of the molecule is Cc1nc(-c2cnc(Br)nc2)ncc1C(=O)O. The third kappa shape index (κ3) is 2.44. The molecule has 2 aromatic heterocycles. The summed E-state index contributed by atoms with van der Waals surface area (Å²) in [5.74, 6) is -0.638. The molecule has 1 N–H and O–H groups in total. The van der Waals surface area contributed by atoms with Gasteiger partial charge in [-0.1, -0.05) is 0 Å². The third-order valence-electron chi connectivity index (χ3n) is 2.09. The van der Waals surface area contributed by atoms with Crippen LogP contribution in [-0.2, 0) is 0 Å². The topological polar surface area (TPSA) is 88.9 Å². The first-order chi connectivity index (χ1) is 8.08. The second-order valence-corrected chi connectivity index (χ2v) is 3.95. The second-order valence-electron chi connectivity index (χ2n) is 3.24. The first-order valence-corrected chi connectivity index (χ1v) is 5.42. The van der Waals surface area contributed by atoms with Crippen LogP contribution in [0.4, 0.5) is 0 Å². The molecular formula is C10H7BrN4O2. The molecule has 2 heterocycles. The molecule has 6 nitrogen and oxygen atoms in total. The summed E-state index contributed by atoms with van der Waals surface area (Å²) in [5, 5.41) is 8.85. The van der Waals surface area contributed by atoms with E-state index < -0.39 is 5.97 Å². The van der Waals surface area contributed by atoms with E-state index >= 15 is 0 Å². The molecule has 86 valence electrons. The average Bonchev–Trinajstić information content (AvgIpc) is 2.29. The molecule has 2 aromatic rings. The summed E-state index contributed by atoms with van der Waals surface area (Å²) in [4.78, 5) is 26.8. The fourth-order valence-corrected chi connectivity index (χ4v) is 1.45. The number of halogens is 1. The van der Waals surface area contributed by atoms with Crippen LogP contribution in [0.25, 0.3) is 11.4 Å². The van der Waals surface area contributed by atoms with Crippen LogP contribution in [0.15, 0.2) is 23.3 Å². The number of aromatic carboxylic acids is 1. The summed E-state index contributed by atoms with van der Waals surface area (Å²) in [6, 6.07) is 0. The molecule has 0 aliphatic carbocycles. The van der Waals surface area contributed by atoms with Crippen molar-refractivity contribution in [3.8, 4) is 11.4 Å². The van der Waals surface area contributed by atoms with Crippen molar-refractivity contribution in [2.75, 3.05) is 0 Å². The number of carboxylic acid groups (broad SMARTS) is 1.